The maximum absolute atomic E-state index is 6.15. The molecule has 0 spiro atoms. The van der Waals surface area contributed by atoms with Crippen molar-refractivity contribution >= 4 is 34.8 Å². The molecule has 0 atom stereocenters. The number of nitrogens with zero attached hydrogens (tertiary/aromatic N) is 2. The van der Waals surface area contributed by atoms with Gasteiger partial charge in [0.05, 0.1) is 16.4 Å². The van der Waals surface area contributed by atoms with E-state index in [1.54, 1.807) is 25.3 Å². The highest BCUT2D eigenvalue weighted by Gasteiger charge is 2.08. The fraction of sp³-hybridized carbons (Fsp3) is 0.357. The normalized spacial score (nSPS) is 10.8. The number of anilines is 2. The Hall–Kier alpha value is -1.23. The zero-order chi connectivity index (χ0) is 14.5. The number of nitrogens with one attached hydrogen (secondary N) is 1. The topological polar surface area (TPSA) is 39.1 Å². The van der Waals surface area contributed by atoms with Crippen LogP contribution in [-0.2, 0) is 11.3 Å². The number of aromatic nitrogens is 2. The number of imidazole rings is 1. The lowest BCUT2D eigenvalue weighted by atomic mass is 10.3. The van der Waals surface area contributed by atoms with Crippen LogP contribution in [0.1, 0.15) is 12.1 Å². The molecule has 1 aromatic heterocycles. The van der Waals surface area contributed by atoms with E-state index in [9.17, 15) is 0 Å². The van der Waals surface area contributed by atoms with Crippen molar-refractivity contribution in [2.75, 3.05) is 19.0 Å². The zero-order valence-corrected chi connectivity index (χ0v) is 13.0. The quantitative estimate of drug-likeness (QED) is 0.809. The summed E-state index contributed by atoms with van der Waals surface area (Å²) in [5, 5.41) is 4.46. The maximum atomic E-state index is 6.15. The summed E-state index contributed by atoms with van der Waals surface area (Å²) in [5.41, 5.74) is 1.70. The van der Waals surface area contributed by atoms with Gasteiger partial charge in [0, 0.05) is 31.5 Å². The number of halogens is 2. The van der Waals surface area contributed by atoms with Crippen molar-refractivity contribution in [1.29, 1.82) is 0 Å². The Morgan fingerprint density at radius 1 is 1.35 bits per heavy atom. The Labute approximate surface area is 128 Å². The first-order chi connectivity index (χ1) is 9.60. The number of aryl methyl sites for hydroxylation is 2. The van der Waals surface area contributed by atoms with Gasteiger partial charge < -0.3 is 14.6 Å². The van der Waals surface area contributed by atoms with Gasteiger partial charge in [-0.15, -0.1) is 0 Å². The Morgan fingerprint density at radius 2 is 2.15 bits per heavy atom. The van der Waals surface area contributed by atoms with Crippen molar-refractivity contribution in [1.82, 2.24) is 9.55 Å². The van der Waals surface area contributed by atoms with Gasteiger partial charge in [-0.25, -0.2) is 4.98 Å². The Bertz CT molecular complexity index is 584. The molecule has 2 aromatic rings. The van der Waals surface area contributed by atoms with Crippen LogP contribution in [0, 0.1) is 6.92 Å². The van der Waals surface area contributed by atoms with Gasteiger partial charge >= 0.3 is 0 Å². The van der Waals surface area contributed by atoms with Crippen LogP contribution in [0.4, 0.5) is 11.6 Å². The average Bonchev–Trinajstić information content (AvgIpc) is 2.74. The van der Waals surface area contributed by atoms with Crippen LogP contribution < -0.4 is 5.32 Å². The van der Waals surface area contributed by atoms with E-state index in [4.69, 9.17) is 27.9 Å². The van der Waals surface area contributed by atoms with E-state index >= 15 is 0 Å². The minimum absolute atomic E-state index is 0.610. The molecule has 0 unspecified atom stereocenters. The van der Waals surface area contributed by atoms with Crippen LogP contribution >= 0.6 is 23.2 Å². The zero-order valence-electron chi connectivity index (χ0n) is 11.5. The maximum Gasteiger partial charge on any atom is 0.207 e. The lowest BCUT2D eigenvalue weighted by Gasteiger charge is -2.11. The highest BCUT2D eigenvalue weighted by molar-refractivity contribution is 6.35. The van der Waals surface area contributed by atoms with Gasteiger partial charge in [0.15, 0.2) is 0 Å². The van der Waals surface area contributed by atoms with E-state index in [1.165, 1.54) is 0 Å². The van der Waals surface area contributed by atoms with Crippen LogP contribution in [0.5, 0.6) is 0 Å². The van der Waals surface area contributed by atoms with Crippen LogP contribution in [0.15, 0.2) is 24.4 Å². The van der Waals surface area contributed by atoms with Gasteiger partial charge in [-0.05, 0) is 31.5 Å². The summed E-state index contributed by atoms with van der Waals surface area (Å²) in [7, 11) is 1.70. The first-order valence-corrected chi connectivity index (χ1v) is 7.10. The smallest absolute Gasteiger partial charge is 0.207 e. The van der Waals surface area contributed by atoms with E-state index in [0.29, 0.717) is 16.7 Å². The highest BCUT2D eigenvalue weighted by atomic mass is 35.5. The monoisotopic (exact) mass is 313 g/mol. The number of benzene rings is 1. The second kappa shape index (κ2) is 6.97. The van der Waals surface area contributed by atoms with Crippen LogP contribution in [0.2, 0.25) is 10.0 Å². The number of rotatable bonds is 6. The standard InChI is InChI=1S/C14H17Cl2N3O/c1-10-9-19(6-3-7-20-2)14(17-10)18-13-8-11(15)4-5-12(13)16/h4-5,8-9H,3,6-7H2,1-2H3,(H,17,18). The highest BCUT2D eigenvalue weighted by Crippen LogP contribution is 2.28. The average molecular weight is 314 g/mol. The summed E-state index contributed by atoms with van der Waals surface area (Å²) in [5.74, 6) is 0.753. The summed E-state index contributed by atoms with van der Waals surface area (Å²) >= 11 is 12.1. The molecule has 1 heterocycles. The van der Waals surface area contributed by atoms with Crippen LogP contribution in [0.3, 0.4) is 0 Å². The van der Waals surface area contributed by atoms with Gasteiger partial charge in [-0.2, -0.15) is 0 Å². The second-order valence-electron chi connectivity index (χ2n) is 4.49. The van der Waals surface area contributed by atoms with Gasteiger partial charge in [-0.1, -0.05) is 23.2 Å². The summed E-state index contributed by atoms with van der Waals surface area (Å²) in [4.78, 5) is 4.46. The summed E-state index contributed by atoms with van der Waals surface area (Å²) in [6.45, 7) is 3.50. The predicted molar refractivity (Wildman–Crippen MR) is 83.2 cm³/mol. The van der Waals surface area contributed by atoms with Gasteiger partial charge in [0.25, 0.3) is 0 Å². The van der Waals surface area contributed by atoms with E-state index in [0.717, 1.165) is 30.3 Å². The van der Waals surface area contributed by atoms with E-state index in [-0.39, 0.29) is 0 Å². The fourth-order valence-corrected chi connectivity index (χ4v) is 2.25. The van der Waals surface area contributed by atoms with Crippen molar-refractivity contribution in [2.45, 2.75) is 19.9 Å². The predicted octanol–water partition coefficient (Wildman–Crippen LogP) is 4.28. The van der Waals surface area contributed by atoms with Crippen molar-refractivity contribution < 1.29 is 4.74 Å². The van der Waals surface area contributed by atoms with Gasteiger partial charge in [0.1, 0.15) is 0 Å². The molecular weight excluding hydrogens is 297 g/mol. The van der Waals surface area contributed by atoms with E-state index in [1.807, 2.05) is 17.7 Å². The summed E-state index contributed by atoms with van der Waals surface area (Å²) < 4.78 is 7.12. The van der Waals surface area contributed by atoms with Crippen molar-refractivity contribution in [2.24, 2.45) is 0 Å². The third-order valence-electron chi connectivity index (χ3n) is 2.82. The number of hydrogen-bond acceptors (Lipinski definition) is 3. The lowest BCUT2D eigenvalue weighted by Crippen LogP contribution is -2.05. The van der Waals surface area contributed by atoms with E-state index < -0.39 is 0 Å². The number of methoxy groups -OCH3 is 1. The van der Waals surface area contributed by atoms with Crippen LogP contribution in [-0.4, -0.2) is 23.3 Å². The third kappa shape index (κ3) is 3.88. The Kier molecular flexibility index (Phi) is 5.29. The van der Waals surface area contributed by atoms with Crippen molar-refractivity contribution in [3.05, 3.63) is 40.1 Å². The number of hydrogen-bond donors (Lipinski definition) is 1. The molecular formula is C14H17Cl2N3O. The molecule has 0 saturated carbocycles. The molecule has 0 saturated heterocycles. The molecule has 6 heteroatoms. The minimum Gasteiger partial charge on any atom is -0.385 e. The molecule has 20 heavy (non-hydrogen) atoms. The summed E-state index contributed by atoms with van der Waals surface area (Å²) in [6, 6.07) is 5.30. The van der Waals surface area contributed by atoms with Gasteiger partial charge in [-0.3, -0.25) is 0 Å². The van der Waals surface area contributed by atoms with Crippen molar-refractivity contribution in [3.63, 3.8) is 0 Å². The fourth-order valence-electron chi connectivity index (χ4n) is 1.91. The van der Waals surface area contributed by atoms with Gasteiger partial charge in [0.2, 0.25) is 5.95 Å². The molecule has 0 aliphatic heterocycles. The Morgan fingerprint density at radius 3 is 2.90 bits per heavy atom. The van der Waals surface area contributed by atoms with Crippen LogP contribution in [0.25, 0.3) is 0 Å². The van der Waals surface area contributed by atoms with Crippen molar-refractivity contribution in [3.8, 4) is 0 Å². The molecule has 0 aliphatic rings. The molecule has 0 bridgehead atoms. The molecule has 1 N–H and O–H groups in total. The Balaban J connectivity index is 2.17. The SMILES string of the molecule is COCCCn1cc(C)nc1Nc1cc(Cl)ccc1Cl. The molecule has 2 rings (SSSR count). The third-order valence-corrected chi connectivity index (χ3v) is 3.38. The molecule has 4 nitrogen and oxygen atoms in total. The molecule has 0 radical (unpaired) electrons. The first kappa shape index (κ1) is 15.2. The summed E-state index contributed by atoms with van der Waals surface area (Å²) in [6.07, 6.45) is 2.92. The second-order valence-corrected chi connectivity index (χ2v) is 5.34. The lowest BCUT2D eigenvalue weighted by molar-refractivity contribution is 0.190. The molecule has 0 amide bonds. The largest absolute Gasteiger partial charge is 0.385 e. The molecule has 1 aromatic carbocycles. The number of ether oxygens (including phenoxy) is 1. The molecule has 0 fully saturated rings. The molecule has 0 aliphatic carbocycles. The van der Waals surface area contributed by atoms with E-state index in [2.05, 4.69) is 10.3 Å². The first-order valence-electron chi connectivity index (χ1n) is 6.35. The molecule has 108 valence electrons. The minimum atomic E-state index is 0.610.